The summed E-state index contributed by atoms with van der Waals surface area (Å²) in [5, 5.41) is 14.8. The minimum atomic E-state index is -0.163. The summed E-state index contributed by atoms with van der Waals surface area (Å²) < 4.78 is 16.2. The number of rotatable bonds is 12. The molecule has 0 amide bonds. The fourth-order valence-corrected chi connectivity index (χ4v) is 23.5. The van der Waals surface area contributed by atoms with Gasteiger partial charge in [0.25, 0.3) is 0 Å². The largest absolute Gasteiger partial charge is 0.455 e. The molecule has 3 heterocycles. The van der Waals surface area contributed by atoms with Crippen LogP contribution in [0.25, 0.3) is 163 Å². The predicted octanol–water partition coefficient (Wildman–Crippen LogP) is 37.0. The highest BCUT2D eigenvalue weighted by atomic mass is 32.1. The van der Waals surface area contributed by atoms with Crippen LogP contribution in [0.2, 0.25) is 0 Å². The molecule has 0 bridgehead atoms. The van der Waals surface area contributed by atoms with Crippen molar-refractivity contribution in [1.82, 2.24) is 0 Å². The van der Waals surface area contributed by atoms with Gasteiger partial charge < -0.3 is 23.5 Å². The zero-order valence-corrected chi connectivity index (χ0v) is 76.7. The Hall–Kier alpha value is -16.4. The van der Waals surface area contributed by atoms with E-state index >= 15 is 0 Å². The molecule has 0 N–H and O–H groups in total. The molecule has 3 aliphatic rings. The lowest BCUT2D eigenvalue weighted by atomic mass is 9.81. The van der Waals surface area contributed by atoms with Gasteiger partial charge in [-0.25, -0.2) is 0 Å². The maximum Gasteiger partial charge on any atom is 0.143 e. The summed E-state index contributed by atoms with van der Waals surface area (Å²) in [6.45, 7) is 14.0. The molecule has 0 saturated carbocycles. The molecular formula is C129H93N3O2S. The number of benzene rings is 21. The molecule has 6 heteroatoms. The van der Waals surface area contributed by atoms with Crippen LogP contribution in [-0.4, -0.2) is 0 Å². The smallest absolute Gasteiger partial charge is 0.143 e. The number of para-hydroxylation sites is 3. The van der Waals surface area contributed by atoms with Gasteiger partial charge in [-0.2, -0.15) is 0 Å². The summed E-state index contributed by atoms with van der Waals surface area (Å²) in [7, 11) is 0. The lowest BCUT2D eigenvalue weighted by molar-refractivity contribution is 0.653. The van der Waals surface area contributed by atoms with Crippen LogP contribution in [0.15, 0.2) is 464 Å². The topological polar surface area (TPSA) is 36.0 Å². The molecule has 3 aromatic heterocycles. The monoisotopic (exact) mass is 1750 g/mol. The molecule has 24 aromatic rings. The summed E-state index contributed by atoms with van der Waals surface area (Å²) in [4.78, 5) is 7.12. The van der Waals surface area contributed by atoms with Crippen LogP contribution in [0.1, 0.15) is 74.9 Å². The average Bonchev–Trinajstić information content (AvgIpc) is 1.55. The third-order valence-electron chi connectivity index (χ3n) is 28.9. The number of thiophene rings is 1. The Labute approximate surface area is 789 Å². The van der Waals surface area contributed by atoms with Gasteiger partial charge in [-0.1, -0.05) is 363 Å². The number of hydrogen-bond donors (Lipinski definition) is 0. The summed E-state index contributed by atoms with van der Waals surface area (Å²) in [6, 6.07) is 165. The highest BCUT2D eigenvalue weighted by molar-refractivity contribution is 7.26. The molecule has 0 fully saturated rings. The third kappa shape index (κ3) is 13.4. The van der Waals surface area contributed by atoms with Gasteiger partial charge in [-0.3, -0.25) is 0 Å². The summed E-state index contributed by atoms with van der Waals surface area (Å²) in [5.74, 6) is 0. The van der Waals surface area contributed by atoms with E-state index in [-0.39, 0.29) is 16.2 Å². The van der Waals surface area contributed by atoms with Crippen molar-refractivity contribution in [1.29, 1.82) is 0 Å². The van der Waals surface area contributed by atoms with Crippen LogP contribution in [0.3, 0.4) is 0 Å². The van der Waals surface area contributed by atoms with Gasteiger partial charge in [0.2, 0.25) is 0 Å². The Morgan fingerprint density at radius 2 is 0.593 bits per heavy atom. The van der Waals surface area contributed by atoms with Crippen molar-refractivity contribution in [2.24, 2.45) is 0 Å². The van der Waals surface area contributed by atoms with Gasteiger partial charge in [0.15, 0.2) is 0 Å². The first-order valence-electron chi connectivity index (χ1n) is 46.8. The van der Waals surface area contributed by atoms with Gasteiger partial charge in [-0.05, 0) is 249 Å². The molecule has 5 nitrogen and oxygen atoms in total. The van der Waals surface area contributed by atoms with Crippen LogP contribution in [0.5, 0.6) is 0 Å². The van der Waals surface area contributed by atoms with Crippen LogP contribution in [0, 0.1) is 0 Å². The molecule has 21 aromatic carbocycles. The summed E-state index contributed by atoms with van der Waals surface area (Å²) in [5.41, 5.74) is 36.8. The van der Waals surface area contributed by atoms with E-state index in [0.717, 1.165) is 89.4 Å². The number of anilines is 9. The Balaban J connectivity index is 0.000000108. The number of hydrogen-bond acceptors (Lipinski definition) is 6. The maximum absolute atomic E-state index is 6.79. The van der Waals surface area contributed by atoms with Crippen molar-refractivity contribution in [2.45, 2.75) is 57.8 Å². The molecule has 27 rings (SSSR count). The molecule has 0 spiro atoms. The van der Waals surface area contributed by atoms with E-state index < -0.39 is 0 Å². The molecule has 0 saturated heterocycles. The molecule has 3 aliphatic carbocycles. The second-order valence-corrected chi connectivity index (χ2v) is 38.8. The first kappa shape index (κ1) is 80.7. The molecule has 0 unspecified atom stereocenters. The minimum absolute atomic E-state index is 0.0621. The highest BCUT2D eigenvalue weighted by Gasteiger charge is 2.43. The number of nitrogens with zero attached hydrogens (tertiary/aromatic N) is 3. The zero-order valence-electron chi connectivity index (χ0n) is 75.9. The first-order chi connectivity index (χ1) is 66.2. The molecule has 0 aliphatic heterocycles. The first-order valence-corrected chi connectivity index (χ1v) is 47.6. The maximum atomic E-state index is 6.79. The fraction of sp³-hybridized carbons (Fsp3) is 0.0698. The lowest BCUT2D eigenvalue weighted by Gasteiger charge is -2.32. The fourth-order valence-electron chi connectivity index (χ4n) is 22.2. The molecule has 0 atom stereocenters. The second-order valence-electron chi connectivity index (χ2n) is 37.7. The quantitative estimate of drug-likeness (QED) is 0.122. The Kier molecular flexibility index (Phi) is 19.1. The Morgan fingerprint density at radius 1 is 0.215 bits per heavy atom. The lowest BCUT2D eigenvalue weighted by Crippen LogP contribution is -2.20. The number of furan rings is 2. The zero-order chi connectivity index (χ0) is 90.4. The van der Waals surface area contributed by atoms with Crippen molar-refractivity contribution in [3.63, 3.8) is 0 Å². The van der Waals surface area contributed by atoms with Gasteiger partial charge in [0.05, 0.1) is 16.8 Å². The Bertz CT molecular complexity index is 8830. The van der Waals surface area contributed by atoms with E-state index in [1.54, 1.807) is 0 Å². The van der Waals surface area contributed by atoms with E-state index in [1.165, 1.54) is 158 Å². The molecule has 642 valence electrons. The standard InChI is InChI=1S/2C43H31NO.C43H31NS/c1-43(2)36-16-9-8-15-34(36)40-37(43)26-25-35-41-38(17-10-18-39(41)45-42(35)40)44(32-13-4-3-5-14-32)33-23-21-29(22-24-33)31-20-19-28-11-6-7-12-30(28)27-31;1-43(2)38-15-9-8-14-36(38)41-39(43)24-23-35-37-27-34(22-25-40(37)45-42(35)41)44(32-12-4-3-5-13-32)33-20-18-29(19-21-33)31-17-16-28-10-6-7-11-30(28)26-31;1-43(2)37-26-25-35-34-15-8-9-18-39(34)45-42(35)40(37)36-16-10-17-38(41(36)43)44(32-13-4-3-5-14-32)33-23-21-29(22-24-33)31-20-19-28-11-6-7-12-30(28)27-31/h3*3-27H,1-2H3. The summed E-state index contributed by atoms with van der Waals surface area (Å²) >= 11 is 1.92. The predicted molar refractivity (Wildman–Crippen MR) is 572 cm³/mol. The van der Waals surface area contributed by atoms with E-state index in [0.29, 0.717) is 0 Å². The minimum Gasteiger partial charge on any atom is -0.455 e. The van der Waals surface area contributed by atoms with E-state index in [1.807, 2.05) is 11.3 Å². The van der Waals surface area contributed by atoms with Gasteiger partial charge in [0, 0.05) is 109 Å². The SMILES string of the molecule is CC1(C)c2ccc3c(sc4ccccc43)c2-c2cccc(N(c3ccccc3)c3ccc(-c4ccc5ccccc5c4)cc3)c21.CC1(C)c2ccccc2-c2c1ccc1c2oc2ccc(N(c3ccccc3)c3ccc(-c4ccc5ccccc5c4)cc3)cc21.CC1(C)c2ccccc2-c2c1ccc1c2oc2cccc(N(c3ccccc3)c3ccc(-c4ccc5ccccc5c4)cc3)c21. The van der Waals surface area contributed by atoms with E-state index in [2.05, 4.69) is 511 Å². The van der Waals surface area contributed by atoms with Crippen LogP contribution < -0.4 is 14.7 Å². The van der Waals surface area contributed by atoms with Gasteiger partial charge in [0.1, 0.15) is 22.3 Å². The number of fused-ring (bicyclic) bond motifs is 24. The van der Waals surface area contributed by atoms with Crippen molar-refractivity contribution in [3.8, 4) is 66.8 Å². The molecule has 135 heavy (non-hydrogen) atoms. The molecular weight excluding hydrogens is 1660 g/mol. The average molecular weight is 1750 g/mol. The Morgan fingerprint density at radius 3 is 1.12 bits per heavy atom. The second kappa shape index (κ2) is 32.0. The van der Waals surface area contributed by atoms with E-state index in [4.69, 9.17) is 8.83 Å². The molecule has 0 radical (unpaired) electrons. The normalized spacial score (nSPS) is 13.3. The van der Waals surface area contributed by atoms with Crippen LogP contribution >= 0.6 is 11.3 Å². The van der Waals surface area contributed by atoms with Crippen molar-refractivity contribution < 1.29 is 8.83 Å². The van der Waals surface area contributed by atoms with Crippen molar-refractivity contribution in [3.05, 3.63) is 488 Å². The van der Waals surface area contributed by atoms with Crippen LogP contribution in [0.4, 0.5) is 51.2 Å². The van der Waals surface area contributed by atoms with Crippen molar-refractivity contribution >= 4 is 159 Å². The van der Waals surface area contributed by atoms with Crippen LogP contribution in [-0.2, 0) is 16.2 Å². The third-order valence-corrected chi connectivity index (χ3v) is 30.1. The summed E-state index contributed by atoms with van der Waals surface area (Å²) in [6.07, 6.45) is 0. The van der Waals surface area contributed by atoms with E-state index in [9.17, 15) is 0 Å². The van der Waals surface area contributed by atoms with Gasteiger partial charge >= 0.3 is 0 Å². The van der Waals surface area contributed by atoms with Crippen molar-refractivity contribution in [2.75, 3.05) is 14.7 Å². The highest BCUT2D eigenvalue weighted by Crippen LogP contribution is 2.60. The van der Waals surface area contributed by atoms with Gasteiger partial charge in [-0.15, -0.1) is 11.3 Å².